The molecule has 4 aromatic rings. The normalized spacial score (nSPS) is 10.8. The highest BCUT2D eigenvalue weighted by Gasteiger charge is 2.20. The molecule has 0 spiro atoms. The van der Waals surface area contributed by atoms with E-state index in [4.69, 9.17) is 10.5 Å². The van der Waals surface area contributed by atoms with E-state index in [1.165, 1.54) is 13.3 Å². The molecule has 0 aliphatic heterocycles. The first-order valence-corrected chi connectivity index (χ1v) is 8.91. The number of aromatic nitrogens is 3. The van der Waals surface area contributed by atoms with Crippen LogP contribution in [-0.4, -0.2) is 32.5 Å². The predicted molar refractivity (Wildman–Crippen MR) is 110 cm³/mol. The van der Waals surface area contributed by atoms with Crippen LogP contribution in [-0.2, 0) is 0 Å². The molecule has 2 heterocycles. The third-order valence-electron chi connectivity index (χ3n) is 4.58. The molecule has 4 rings (SSSR count). The lowest BCUT2D eigenvalue weighted by molar-refractivity contribution is -0.387. The minimum atomic E-state index is -1.03. The summed E-state index contributed by atoms with van der Waals surface area (Å²) < 4.78 is 20.7. The molecule has 0 saturated heterocycles. The number of anilines is 2. The fourth-order valence-electron chi connectivity index (χ4n) is 3.18. The Kier molecular flexibility index (Phi) is 4.91. The molecule has 156 valence electrons. The number of rotatable bonds is 6. The van der Waals surface area contributed by atoms with Gasteiger partial charge in [0, 0.05) is 29.9 Å². The van der Waals surface area contributed by atoms with Crippen molar-refractivity contribution in [3.63, 3.8) is 0 Å². The lowest BCUT2D eigenvalue weighted by Crippen LogP contribution is -2.10. The number of benzene rings is 2. The molecule has 0 aliphatic carbocycles. The molecular formula is C20H15FN6O4. The number of ether oxygens (including phenoxy) is 1. The van der Waals surface area contributed by atoms with Crippen molar-refractivity contribution in [1.29, 1.82) is 0 Å². The summed E-state index contributed by atoms with van der Waals surface area (Å²) in [7, 11) is 1.31. The Bertz CT molecular complexity index is 1340. The van der Waals surface area contributed by atoms with Gasteiger partial charge in [-0.3, -0.25) is 14.9 Å². The largest absolute Gasteiger partial charge is 0.494 e. The smallest absolute Gasteiger partial charge is 0.307 e. The van der Waals surface area contributed by atoms with Gasteiger partial charge >= 0.3 is 5.69 Å². The first-order chi connectivity index (χ1) is 14.9. The molecule has 0 aliphatic rings. The van der Waals surface area contributed by atoms with Gasteiger partial charge in [-0.2, -0.15) is 9.37 Å². The average molecular weight is 422 g/mol. The summed E-state index contributed by atoms with van der Waals surface area (Å²) in [5, 5.41) is 14.5. The maximum atomic E-state index is 13.9. The van der Waals surface area contributed by atoms with E-state index < -0.39 is 22.3 Å². The van der Waals surface area contributed by atoms with Gasteiger partial charge in [0.15, 0.2) is 0 Å². The monoisotopic (exact) mass is 422 g/mol. The van der Waals surface area contributed by atoms with E-state index in [9.17, 15) is 19.3 Å². The molecule has 0 atom stereocenters. The molecule has 0 saturated carbocycles. The predicted octanol–water partition coefficient (Wildman–Crippen LogP) is 3.32. The fourth-order valence-corrected chi connectivity index (χ4v) is 3.18. The zero-order valence-corrected chi connectivity index (χ0v) is 16.1. The average Bonchev–Trinajstić information content (AvgIpc) is 3.15. The molecule has 2 aromatic heterocycles. The van der Waals surface area contributed by atoms with E-state index in [2.05, 4.69) is 15.3 Å². The topological polar surface area (TPSA) is 138 Å². The summed E-state index contributed by atoms with van der Waals surface area (Å²) in [5.74, 6) is -1.07. The number of para-hydroxylation sites is 1. The summed E-state index contributed by atoms with van der Waals surface area (Å²) in [6.45, 7) is 0. The van der Waals surface area contributed by atoms with Crippen molar-refractivity contribution in [1.82, 2.24) is 14.5 Å². The van der Waals surface area contributed by atoms with Crippen molar-refractivity contribution in [2.24, 2.45) is 5.73 Å². The number of carbonyl (C=O) groups excluding carboxylic acids is 1. The standard InChI is InChI=1S/C20H15FN6O4/c1-31-17-8-13(21)16(27(29)30)9-14(17)24-20-23-7-6-18(25-20)26-10-12(19(22)28)11-4-2-3-5-15(11)26/h2-10H,1H3,(H2,22,28)(H,23,24,25). The minimum Gasteiger partial charge on any atom is -0.494 e. The van der Waals surface area contributed by atoms with Gasteiger partial charge in [0.2, 0.25) is 11.8 Å². The van der Waals surface area contributed by atoms with Gasteiger partial charge in [-0.25, -0.2) is 4.98 Å². The number of nitro benzene ring substituents is 1. The van der Waals surface area contributed by atoms with Gasteiger partial charge < -0.3 is 20.4 Å². The van der Waals surface area contributed by atoms with E-state index >= 15 is 0 Å². The molecular weight excluding hydrogens is 407 g/mol. The number of halogens is 1. The quantitative estimate of drug-likeness (QED) is 0.359. The van der Waals surface area contributed by atoms with Gasteiger partial charge in [0.1, 0.15) is 11.6 Å². The number of nitrogens with one attached hydrogen (secondary N) is 1. The van der Waals surface area contributed by atoms with Crippen LogP contribution in [0.1, 0.15) is 10.4 Å². The number of nitro groups is 1. The molecule has 3 N–H and O–H groups in total. The zero-order chi connectivity index (χ0) is 22.1. The van der Waals surface area contributed by atoms with Crippen LogP contribution < -0.4 is 15.8 Å². The van der Waals surface area contributed by atoms with Gasteiger partial charge in [0.05, 0.1) is 28.8 Å². The molecule has 0 unspecified atom stereocenters. The number of amides is 1. The molecule has 2 aromatic carbocycles. The Morgan fingerprint density at radius 2 is 2.06 bits per heavy atom. The maximum Gasteiger partial charge on any atom is 0.307 e. The van der Waals surface area contributed by atoms with Crippen LogP contribution in [0.2, 0.25) is 0 Å². The van der Waals surface area contributed by atoms with Crippen LogP contribution >= 0.6 is 0 Å². The lowest BCUT2D eigenvalue weighted by Gasteiger charge is -2.11. The number of fused-ring (bicyclic) bond motifs is 1. The second-order valence-corrected chi connectivity index (χ2v) is 6.42. The van der Waals surface area contributed by atoms with Gasteiger partial charge in [-0.15, -0.1) is 0 Å². The molecule has 10 nitrogen and oxygen atoms in total. The summed E-state index contributed by atoms with van der Waals surface area (Å²) >= 11 is 0. The highest BCUT2D eigenvalue weighted by molar-refractivity contribution is 6.06. The van der Waals surface area contributed by atoms with Gasteiger partial charge in [-0.1, -0.05) is 18.2 Å². The van der Waals surface area contributed by atoms with Crippen molar-refractivity contribution >= 4 is 34.1 Å². The highest BCUT2D eigenvalue weighted by atomic mass is 19.1. The Hall–Kier alpha value is -4.54. The van der Waals surface area contributed by atoms with Crippen LogP contribution in [0.25, 0.3) is 16.7 Å². The van der Waals surface area contributed by atoms with Crippen molar-refractivity contribution in [3.05, 3.63) is 76.4 Å². The van der Waals surface area contributed by atoms with Gasteiger partial charge in [-0.05, 0) is 12.1 Å². The van der Waals surface area contributed by atoms with Crippen LogP contribution in [0.4, 0.5) is 21.7 Å². The first kappa shape index (κ1) is 19.8. The van der Waals surface area contributed by atoms with E-state index in [0.29, 0.717) is 22.3 Å². The van der Waals surface area contributed by atoms with Crippen LogP contribution in [0.5, 0.6) is 5.75 Å². The second-order valence-electron chi connectivity index (χ2n) is 6.42. The summed E-state index contributed by atoms with van der Waals surface area (Å²) in [6, 6.07) is 10.7. The SMILES string of the molecule is COc1cc(F)c([N+](=O)[O-])cc1Nc1nccc(-n2cc(C(N)=O)c3ccccc32)n1. The first-order valence-electron chi connectivity index (χ1n) is 8.91. The summed E-state index contributed by atoms with van der Waals surface area (Å²) in [6.07, 6.45) is 3.04. The van der Waals surface area contributed by atoms with Crippen molar-refractivity contribution in [2.45, 2.75) is 0 Å². The van der Waals surface area contributed by atoms with E-state index in [0.717, 1.165) is 12.1 Å². The van der Waals surface area contributed by atoms with Crippen LogP contribution in [0, 0.1) is 15.9 Å². The number of nitrogens with two attached hydrogens (primary N) is 1. The molecule has 31 heavy (non-hydrogen) atoms. The number of methoxy groups -OCH3 is 1. The number of hydrogen-bond acceptors (Lipinski definition) is 7. The Balaban J connectivity index is 1.78. The zero-order valence-electron chi connectivity index (χ0n) is 16.1. The summed E-state index contributed by atoms with van der Waals surface area (Å²) in [4.78, 5) is 30.6. The number of nitrogens with zero attached hydrogens (tertiary/aromatic N) is 4. The van der Waals surface area contributed by atoms with Crippen molar-refractivity contribution in [3.8, 4) is 11.6 Å². The Morgan fingerprint density at radius 1 is 1.29 bits per heavy atom. The second kappa shape index (κ2) is 7.71. The maximum absolute atomic E-state index is 13.9. The van der Waals surface area contributed by atoms with Crippen LogP contribution in [0.15, 0.2) is 54.9 Å². The minimum absolute atomic E-state index is 0.0412. The number of primary amides is 1. The summed E-state index contributed by atoms with van der Waals surface area (Å²) in [5.41, 5.74) is 5.92. The Morgan fingerprint density at radius 3 is 2.77 bits per heavy atom. The van der Waals surface area contributed by atoms with Crippen molar-refractivity contribution < 1.29 is 18.8 Å². The molecule has 11 heteroatoms. The van der Waals surface area contributed by atoms with E-state index in [1.807, 2.05) is 12.1 Å². The fraction of sp³-hybridized carbons (Fsp3) is 0.0500. The highest BCUT2D eigenvalue weighted by Crippen LogP contribution is 2.33. The molecule has 0 radical (unpaired) electrons. The van der Waals surface area contributed by atoms with E-state index in [-0.39, 0.29) is 17.4 Å². The molecule has 0 bridgehead atoms. The van der Waals surface area contributed by atoms with Crippen LogP contribution in [0.3, 0.4) is 0 Å². The lowest BCUT2D eigenvalue weighted by atomic mass is 10.2. The molecule has 1 amide bonds. The molecule has 0 fully saturated rings. The van der Waals surface area contributed by atoms with Crippen molar-refractivity contribution in [2.75, 3.05) is 12.4 Å². The van der Waals surface area contributed by atoms with Gasteiger partial charge in [0.25, 0.3) is 5.91 Å². The Labute approximate surface area is 174 Å². The number of carbonyl (C=O) groups is 1. The third-order valence-corrected chi connectivity index (χ3v) is 4.58. The number of hydrogen-bond donors (Lipinski definition) is 2. The van der Waals surface area contributed by atoms with E-state index in [1.54, 1.807) is 29.0 Å². The third kappa shape index (κ3) is 3.59.